The molecule has 0 saturated heterocycles. The van der Waals surface area contributed by atoms with Crippen LogP contribution in [0.2, 0.25) is 0 Å². The molecule has 9 aromatic rings. The highest BCUT2D eigenvalue weighted by Gasteiger charge is 2.20. The molecule has 0 aliphatic heterocycles. The van der Waals surface area contributed by atoms with Crippen LogP contribution in [0.3, 0.4) is 0 Å². The number of hydrogen-bond acceptors (Lipinski definition) is 3. The van der Waals surface area contributed by atoms with Crippen LogP contribution in [0.4, 0.5) is 0 Å². The number of para-hydroxylation sites is 3. The van der Waals surface area contributed by atoms with E-state index in [1.807, 2.05) is 84.9 Å². The van der Waals surface area contributed by atoms with E-state index < -0.39 is 0 Å². The summed E-state index contributed by atoms with van der Waals surface area (Å²) < 4.78 is 5.61. The average Bonchev–Trinajstić information content (AvgIpc) is 3.57. The van der Waals surface area contributed by atoms with Gasteiger partial charge in [-0.15, -0.1) is 11.3 Å². The number of rotatable bonds is 2. The van der Waals surface area contributed by atoms with Gasteiger partial charge in [0.2, 0.25) is 0 Å². The molecule has 3 heterocycles. The van der Waals surface area contributed by atoms with Crippen molar-refractivity contribution in [2.24, 2.45) is 0 Å². The van der Waals surface area contributed by atoms with E-state index in [2.05, 4.69) is 53.1 Å². The van der Waals surface area contributed by atoms with Crippen molar-refractivity contribution in [1.29, 1.82) is 0 Å². The summed E-state index contributed by atoms with van der Waals surface area (Å²) >= 11 is 1.61. The topological polar surface area (TPSA) is 44.0 Å². The second-order valence-electron chi connectivity index (χ2n) is 10.8. The lowest BCUT2D eigenvalue weighted by molar-refractivity contribution is 0.977. The number of hydrogen-bond donors (Lipinski definition) is 0. The largest absolute Gasteiger partial charge is 0.309 e. The molecular weight excluding hydrogens is 548 g/mol. The van der Waals surface area contributed by atoms with Crippen molar-refractivity contribution in [3.63, 3.8) is 0 Å². The summed E-state index contributed by atoms with van der Waals surface area (Å²) in [6.45, 7) is 0. The molecule has 0 atom stereocenters. The maximum atomic E-state index is 14.6. The Bertz CT molecular complexity index is 2700. The predicted octanol–water partition coefficient (Wildman–Crippen LogP) is 8.97. The van der Waals surface area contributed by atoms with Gasteiger partial charge in [0.1, 0.15) is 0 Å². The van der Waals surface area contributed by atoms with Crippen LogP contribution in [-0.2, 0) is 0 Å². The SMILES string of the molecule is O=c1c2cc3c4ccccc4n(-c4ccccc4)c3cc2c2ccc3c4ccccc4sc3c2c(=O)n1-c1ccccc1. The molecule has 0 spiro atoms. The number of thiophene rings is 1. The monoisotopic (exact) mass is 570 g/mol. The molecular formula is C38H22N2O2S. The van der Waals surface area contributed by atoms with Crippen LogP contribution in [0.5, 0.6) is 0 Å². The van der Waals surface area contributed by atoms with E-state index in [-0.39, 0.29) is 11.1 Å². The van der Waals surface area contributed by atoms with E-state index in [1.165, 1.54) is 4.57 Å². The Hall–Kier alpha value is -5.52. The van der Waals surface area contributed by atoms with Crippen molar-refractivity contribution in [3.8, 4) is 11.4 Å². The van der Waals surface area contributed by atoms with Crippen LogP contribution >= 0.6 is 11.3 Å². The maximum Gasteiger partial charge on any atom is 0.267 e. The van der Waals surface area contributed by atoms with Crippen LogP contribution in [0.1, 0.15) is 0 Å². The fraction of sp³-hybridized carbons (Fsp3) is 0. The third kappa shape index (κ3) is 3.37. The van der Waals surface area contributed by atoms with Gasteiger partial charge in [-0.1, -0.05) is 84.9 Å². The van der Waals surface area contributed by atoms with Gasteiger partial charge in [-0.25, -0.2) is 4.57 Å². The van der Waals surface area contributed by atoms with Crippen LogP contribution in [0.25, 0.3) is 74.9 Å². The molecule has 4 nitrogen and oxygen atoms in total. The first-order chi connectivity index (χ1) is 21.2. The number of aromatic nitrogens is 2. The van der Waals surface area contributed by atoms with Crippen LogP contribution < -0.4 is 11.1 Å². The number of benzene rings is 6. The van der Waals surface area contributed by atoms with Crippen LogP contribution in [0, 0.1) is 0 Å². The first-order valence-electron chi connectivity index (χ1n) is 14.2. The molecule has 3 aromatic heterocycles. The van der Waals surface area contributed by atoms with E-state index in [0.717, 1.165) is 58.4 Å². The van der Waals surface area contributed by atoms with Gasteiger partial charge in [0.05, 0.1) is 22.1 Å². The third-order valence-electron chi connectivity index (χ3n) is 8.53. The van der Waals surface area contributed by atoms with Crippen LogP contribution in [-0.4, -0.2) is 9.13 Å². The summed E-state index contributed by atoms with van der Waals surface area (Å²) in [4.78, 5) is 29.2. The van der Waals surface area contributed by atoms with E-state index in [4.69, 9.17) is 0 Å². The molecule has 0 aliphatic carbocycles. The van der Waals surface area contributed by atoms with Crippen molar-refractivity contribution in [1.82, 2.24) is 9.13 Å². The quantitative estimate of drug-likeness (QED) is 0.208. The molecule has 0 aliphatic rings. The Labute approximate surface area is 248 Å². The minimum atomic E-state index is -0.324. The third-order valence-corrected chi connectivity index (χ3v) is 9.73. The standard InChI is InChI=1S/C38H22N2O2S/c41-37-31-21-30-25-15-7-9-17-32(25)39(23-11-3-1-4-12-23)33(30)22-29(31)27-19-20-28-26-16-8-10-18-34(26)43-36(28)35(27)38(42)40(37)24-13-5-2-6-14-24/h1-22H. The fourth-order valence-corrected chi connectivity index (χ4v) is 7.87. The lowest BCUT2D eigenvalue weighted by atomic mass is 10.0. The maximum absolute atomic E-state index is 14.6. The zero-order chi connectivity index (χ0) is 28.7. The zero-order valence-corrected chi connectivity index (χ0v) is 23.6. The zero-order valence-electron chi connectivity index (χ0n) is 22.8. The van der Waals surface area contributed by atoms with E-state index in [0.29, 0.717) is 16.5 Å². The lowest BCUT2D eigenvalue weighted by Gasteiger charge is -2.08. The molecule has 5 heteroatoms. The smallest absolute Gasteiger partial charge is 0.267 e. The van der Waals surface area contributed by atoms with Gasteiger partial charge in [0.25, 0.3) is 11.1 Å². The molecule has 0 fully saturated rings. The van der Waals surface area contributed by atoms with Crippen molar-refractivity contribution in [2.75, 3.05) is 0 Å². The average molecular weight is 571 g/mol. The predicted molar refractivity (Wildman–Crippen MR) is 181 cm³/mol. The van der Waals surface area contributed by atoms with Gasteiger partial charge in [0, 0.05) is 42.0 Å². The minimum absolute atomic E-state index is 0.306. The summed E-state index contributed by atoms with van der Waals surface area (Å²) in [5.74, 6) is 0. The fourth-order valence-electron chi connectivity index (χ4n) is 6.63. The normalized spacial score (nSPS) is 11.9. The lowest BCUT2D eigenvalue weighted by Crippen LogP contribution is -2.28. The summed E-state index contributed by atoms with van der Waals surface area (Å²) in [5, 5.41) is 6.78. The van der Waals surface area contributed by atoms with E-state index in [9.17, 15) is 9.59 Å². The second-order valence-corrected chi connectivity index (χ2v) is 11.9. The highest BCUT2D eigenvalue weighted by Crippen LogP contribution is 2.40. The molecule has 0 saturated carbocycles. The van der Waals surface area contributed by atoms with Crippen molar-refractivity contribution in [2.45, 2.75) is 0 Å². The highest BCUT2D eigenvalue weighted by atomic mass is 32.1. The van der Waals surface area contributed by atoms with Gasteiger partial charge in [-0.2, -0.15) is 0 Å². The summed E-state index contributed by atoms with van der Waals surface area (Å²) in [5.41, 5.74) is 3.02. The van der Waals surface area contributed by atoms with Gasteiger partial charge in [0.15, 0.2) is 0 Å². The molecule has 0 unspecified atom stereocenters. The van der Waals surface area contributed by atoms with E-state index >= 15 is 0 Å². The Morgan fingerprint density at radius 2 is 1.05 bits per heavy atom. The summed E-state index contributed by atoms with van der Waals surface area (Å²) in [7, 11) is 0. The van der Waals surface area contributed by atoms with Crippen molar-refractivity contribution in [3.05, 3.63) is 154 Å². The summed E-state index contributed by atoms with van der Waals surface area (Å²) in [6, 6.07) is 44.3. The second kappa shape index (κ2) is 8.99. The van der Waals surface area contributed by atoms with Crippen LogP contribution in [0.15, 0.2) is 143 Å². The van der Waals surface area contributed by atoms with Gasteiger partial charge >= 0.3 is 0 Å². The molecule has 9 rings (SSSR count). The van der Waals surface area contributed by atoms with E-state index in [1.54, 1.807) is 11.3 Å². The Morgan fingerprint density at radius 3 is 1.81 bits per heavy atom. The number of nitrogens with zero attached hydrogens (tertiary/aromatic N) is 2. The van der Waals surface area contributed by atoms with Crippen molar-refractivity contribution < 1.29 is 0 Å². The molecule has 0 radical (unpaired) electrons. The van der Waals surface area contributed by atoms with Crippen molar-refractivity contribution >= 4 is 74.9 Å². The Kier molecular flexibility index (Phi) is 5.04. The highest BCUT2D eigenvalue weighted by molar-refractivity contribution is 7.26. The van der Waals surface area contributed by atoms with Gasteiger partial charge in [-0.3, -0.25) is 9.59 Å². The Balaban J connectivity index is 1.58. The first-order valence-corrected chi connectivity index (χ1v) is 15.0. The molecule has 0 N–H and O–H groups in total. The summed E-state index contributed by atoms with van der Waals surface area (Å²) in [6.07, 6.45) is 0. The molecule has 6 aromatic carbocycles. The molecule has 0 bridgehead atoms. The first kappa shape index (κ1) is 24.1. The number of fused-ring (bicyclic) bond motifs is 10. The molecule has 202 valence electrons. The molecule has 0 amide bonds. The minimum Gasteiger partial charge on any atom is -0.309 e. The van der Waals surface area contributed by atoms with Gasteiger partial charge < -0.3 is 4.57 Å². The molecule has 43 heavy (non-hydrogen) atoms. The van der Waals surface area contributed by atoms with Gasteiger partial charge in [-0.05, 0) is 59.3 Å². The Morgan fingerprint density at radius 1 is 0.419 bits per heavy atom.